The van der Waals surface area contributed by atoms with Crippen molar-refractivity contribution >= 4 is 5.69 Å². The van der Waals surface area contributed by atoms with E-state index in [4.69, 9.17) is 0 Å². The number of alkyl halides is 3. The molecule has 122 valence electrons. The highest BCUT2D eigenvalue weighted by Gasteiger charge is 2.31. The van der Waals surface area contributed by atoms with Gasteiger partial charge in [0.1, 0.15) is 0 Å². The normalized spacial score (nSPS) is 18.4. The Balaban J connectivity index is 1.59. The van der Waals surface area contributed by atoms with Crippen LogP contribution in [0.1, 0.15) is 17.5 Å². The van der Waals surface area contributed by atoms with Gasteiger partial charge in [0, 0.05) is 31.4 Å². The molecule has 1 saturated heterocycles. The van der Waals surface area contributed by atoms with E-state index in [-0.39, 0.29) is 0 Å². The van der Waals surface area contributed by atoms with E-state index in [0.717, 1.165) is 32.1 Å². The monoisotopic (exact) mass is 320 g/mol. The van der Waals surface area contributed by atoms with E-state index in [1.165, 1.54) is 17.7 Å². The zero-order valence-electron chi connectivity index (χ0n) is 12.7. The highest BCUT2D eigenvalue weighted by molar-refractivity contribution is 5.50. The van der Waals surface area contributed by atoms with Gasteiger partial charge < -0.3 is 10.2 Å². The van der Waals surface area contributed by atoms with Crippen LogP contribution in [0, 0.1) is 0 Å². The molecule has 5 heteroatoms. The minimum atomic E-state index is -4.29. The fourth-order valence-electron chi connectivity index (χ4n) is 2.90. The summed E-state index contributed by atoms with van der Waals surface area (Å²) in [6.07, 6.45) is -3.36. The molecule has 3 rings (SSSR count). The van der Waals surface area contributed by atoms with Crippen molar-refractivity contribution in [2.24, 2.45) is 0 Å². The predicted octanol–water partition coefficient (Wildman–Crippen LogP) is 4.07. The summed E-state index contributed by atoms with van der Waals surface area (Å²) < 4.78 is 38.4. The van der Waals surface area contributed by atoms with Gasteiger partial charge in [0.15, 0.2) is 0 Å². The highest BCUT2D eigenvalue weighted by atomic mass is 19.4. The zero-order valence-corrected chi connectivity index (χ0v) is 12.7. The molecular formula is C18H19F3N2. The molecule has 1 aliphatic rings. The number of halogens is 3. The third-order valence-electron chi connectivity index (χ3n) is 4.16. The van der Waals surface area contributed by atoms with Crippen LogP contribution in [0.25, 0.3) is 0 Å². The summed E-state index contributed by atoms with van der Waals surface area (Å²) in [4.78, 5) is 2.01. The third-order valence-corrected chi connectivity index (χ3v) is 4.16. The molecule has 0 radical (unpaired) electrons. The van der Waals surface area contributed by atoms with Crippen molar-refractivity contribution in [2.75, 3.05) is 18.0 Å². The van der Waals surface area contributed by atoms with Crippen LogP contribution in [0.3, 0.4) is 0 Å². The lowest BCUT2D eigenvalue weighted by molar-refractivity contribution is -0.137. The van der Waals surface area contributed by atoms with Crippen LogP contribution in [0.15, 0.2) is 54.6 Å². The number of rotatable bonds is 4. The largest absolute Gasteiger partial charge is 0.416 e. The molecule has 2 aromatic rings. The van der Waals surface area contributed by atoms with Crippen molar-refractivity contribution in [1.82, 2.24) is 5.32 Å². The summed E-state index contributed by atoms with van der Waals surface area (Å²) in [5.41, 5.74) is 1.27. The fourth-order valence-corrected chi connectivity index (χ4v) is 2.90. The third kappa shape index (κ3) is 4.05. The van der Waals surface area contributed by atoms with Crippen molar-refractivity contribution in [1.29, 1.82) is 0 Å². The lowest BCUT2D eigenvalue weighted by Crippen LogP contribution is -2.32. The van der Waals surface area contributed by atoms with Crippen LogP contribution in [-0.4, -0.2) is 19.1 Å². The van der Waals surface area contributed by atoms with Crippen molar-refractivity contribution in [2.45, 2.75) is 25.2 Å². The SMILES string of the molecule is FC(F)(F)c1cccc(N2CCC(NCc3ccccc3)C2)c1. The quantitative estimate of drug-likeness (QED) is 0.913. The first-order chi connectivity index (χ1) is 11.0. The molecule has 2 nitrogen and oxygen atoms in total. The first kappa shape index (κ1) is 15.9. The van der Waals surface area contributed by atoms with Gasteiger partial charge in [-0.15, -0.1) is 0 Å². The van der Waals surface area contributed by atoms with Crippen molar-refractivity contribution in [3.63, 3.8) is 0 Å². The van der Waals surface area contributed by atoms with Crippen LogP contribution in [0.5, 0.6) is 0 Å². The molecule has 1 fully saturated rings. The van der Waals surface area contributed by atoms with Crippen molar-refractivity contribution < 1.29 is 13.2 Å². The summed E-state index contributed by atoms with van der Waals surface area (Å²) in [6, 6.07) is 16.0. The van der Waals surface area contributed by atoms with Gasteiger partial charge in [-0.05, 0) is 30.2 Å². The summed E-state index contributed by atoms with van der Waals surface area (Å²) in [5, 5.41) is 3.48. The van der Waals surface area contributed by atoms with E-state index in [1.54, 1.807) is 6.07 Å². The molecular weight excluding hydrogens is 301 g/mol. The van der Waals surface area contributed by atoms with Crippen LogP contribution >= 0.6 is 0 Å². The molecule has 0 aliphatic carbocycles. The summed E-state index contributed by atoms with van der Waals surface area (Å²) >= 11 is 0. The lowest BCUT2D eigenvalue weighted by atomic mass is 10.2. The Kier molecular flexibility index (Phi) is 4.57. The van der Waals surface area contributed by atoms with E-state index in [2.05, 4.69) is 17.4 Å². The standard InChI is InChI=1S/C18H19F3N2/c19-18(20,21)15-7-4-8-17(11-15)23-10-9-16(13-23)22-12-14-5-2-1-3-6-14/h1-8,11,16,22H,9-10,12-13H2. The second-order valence-corrected chi connectivity index (χ2v) is 5.85. The number of hydrogen-bond donors (Lipinski definition) is 1. The second kappa shape index (κ2) is 6.62. The molecule has 1 N–H and O–H groups in total. The van der Waals surface area contributed by atoms with Gasteiger partial charge in [-0.3, -0.25) is 0 Å². The van der Waals surface area contributed by atoms with Crippen LogP contribution in [0.2, 0.25) is 0 Å². The number of hydrogen-bond acceptors (Lipinski definition) is 2. The van der Waals surface area contributed by atoms with E-state index in [0.29, 0.717) is 11.7 Å². The van der Waals surface area contributed by atoms with Gasteiger partial charge in [-0.2, -0.15) is 13.2 Å². The Morgan fingerprint density at radius 3 is 2.57 bits per heavy atom. The average molecular weight is 320 g/mol. The van der Waals surface area contributed by atoms with Crippen LogP contribution in [0.4, 0.5) is 18.9 Å². The summed E-state index contributed by atoms with van der Waals surface area (Å²) in [6.45, 7) is 2.28. The maximum Gasteiger partial charge on any atom is 0.416 e. The molecule has 0 spiro atoms. The Morgan fingerprint density at radius 1 is 1.04 bits per heavy atom. The van der Waals surface area contributed by atoms with E-state index in [9.17, 15) is 13.2 Å². The van der Waals surface area contributed by atoms with Crippen LogP contribution < -0.4 is 10.2 Å². The maximum atomic E-state index is 12.8. The molecule has 1 heterocycles. The van der Waals surface area contributed by atoms with E-state index in [1.807, 2.05) is 23.1 Å². The Labute approximate surface area is 133 Å². The summed E-state index contributed by atoms with van der Waals surface area (Å²) in [7, 11) is 0. The molecule has 2 aromatic carbocycles. The molecule has 0 bridgehead atoms. The Bertz CT molecular complexity index is 640. The van der Waals surface area contributed by atoms with E-state index < -0.39 is 11.7 Å². The molecule has 23 heavy (non-hydrogen) atoms. The van der Waals surface area contributed by atoms with Gasteiger partial charge in [-0.25, -0.2) is 0 Å². The van der Waals surface area contributed by atoms with Gasteiger partial charge in [-0.1, -0.05) is 36.4 Å². The minimum Gasteiger partial charge on any atom is -0.370 e. The zero-order chi connectivity index (χ0) is 16.3. The van der Waals surface area contributed by atoms with Gasteiger partial charge in [0.25, 0.3) is 0 Å². The van der Waals surface area contributed by atoms with Gasteiger partial charge >= 0.3 is 6.18 Å². The number of nitrogens with one attached hydrogen (secondary N) is 1. The average Bonchev–Trinajstić information content (AvgIpc) is 3.02. The Hall–Kier alpha value is -2.01. The molecule has 1 aliphatic heterocycles. The van der Waals surface area contributed by atoms with Crippen LogP contribution in [-0.2, 0) is 12.7 Å². The topological polar surface area (TPSA) is 15.3 Å². The molecule has 0 aromatic heterocycles. The molecule has 1 unspecified atom stereocenters. The number of benzene rings is 2. The van der Waals surface area contributed by atoms with Crippen molar-refractivity contribution in [3.8, 4) is 0 Å². The van der Waals surface area contributed by atoms with Gasteiger partial charge in [0.05, 0.1) is 5.56 Å². The van der Waals surface area contributed by atoms with Gasteiger partial charge in [0.2, 0.25) is 0 Å². The predicted molar refractivity (Wildman–Crippen MR) is 85.3 cm³/mol. The number of anilines is 1. The molecule has 0 saturated carbocycles. The smallest absolute Gasteiger partial charge is 0.370 e. The number of nitrogens with zero attached hydrogens (tertiary/aromatic N) is 1. The lowest BCUT2D eigenvalue weighted by Gasteiger charge is -2.20. The Morgan fingerprint density at radius 2 is 1.83 bits per heavy atom. The minimum absolute atomic E-state index is 0.296. The van der Waals surface area contributed by atoms with Crippen molar-refractivity contribution in [3.05, 3.63) is 65.7 Å². The second-order valence-electron chi connectivity index (χ2n) is 5.85. The fraction of sp³-hybridized carbons (Fsp3) is 0.333. The summed E-state index contributed by atoms with van der Waals surface area (Å²) in [5.74, 6) is 0. The first-order valence-corrected chi connectivity index (χ1v) is 7.72. The highest BCUT2D eigenvalue weighted by Crippen LogP contribution is 2.32. The maximum absolute atomic E-state index is 12.8. The molecule has 1 atom stereocenters. The van der Waals surface area contributed by atoms with E-state index >= 15 is 0 Å². The first-order valence-electron chi connectivity index (χ1n) is 7.72. The molecule has 0 amide bonds.